The first-order valence-corrected chi connectivity index (χ1v) is 5.33. The van der Waals surface area contributed by atoms with Gasteiger partial charge < -0.3 is 9.90 Å². The van der Waals surface area contributed by atoms with Gasteiger partial charge in [0.05, 0.1) is 5.92 Å². The van der Waals surface area contributed by atoms with Crippen LogP contribution in [0.2, 0.25) is 0 Å². The Balaban J connectivity index is 2.62. The van der Waals surface area contributed by atoms with Crippen molar-refractivity contribution in [3.8, 4) is 0 Å². The molecular weight excluding hydrogens is 180 g/mol. The molecule has 0 saturated heterocycles. The first-order valence-electron chi connectivity index (χ1n) is 5.33. The van der Waals surface area contributed by atoms with E-state index in [4.69, 9.17) is 5.11 Å². The van der Waals surface area contributed by atoms with Crippen LogP contribution in [0.5, 0.6) is 0 Å². The van der Waals surface area contributed by atoms with E-state index in [0.29, 0.717) is 12.8 Å². The average molecular weight is 198 g/mol. The van der Waals surface area contributed by atoms with Crippen LogP contribution in [-0.4, -0.2) is 17.4 Å². The van der Waals surface area contributed by atoms with Gasteiger partial charge in [0.15, 0.2) is 0 Å². The van der Waals surface area contributed by atoms with Crippen LogP contribution in [0.15, 0.2) is 0 Å². The number of hydrogen-bond acceptors (Lipinski definition) is 2. The Morgan fingerprint density at radius 3 is 2.43 bits per heavy atom. The van der Waals surface area contributed by atoms with E-state index in [1.807, 2.05) is 6.92 Å². The van der Waals surface area contributed by atoms with Crippen LogP contribution in [0, 0.1) is 11.3 Å². The number of rotatable bonds is 5. The number of aldehydes is 1. The molecule has 0 bridgehead atoms. The van der Waals surface area contributed by atoms with Crippen molar-refractivity contribution in [2.24, 2.45) is 11.3 Å². The first-order chi connectivity index (χ1) is 6.63. The Morgan fingerprint density at radius 2 is 2.07 bits per heavy atom. The van der Waals surface area contributed by atoms with E-state index in [0.717, 1.165) is 32.0 Å². The molecule has 1 unspecified atom stereocenters. The fourth-order valence-electron chi connectivity index (χ4n) is 2.35. The predicted molar refractivity (Wildman–Crippen MR) is 53.0 cm³/mol. The molecule has 0 aromatic rings. The Bertz CT molecular complexity index is 217. The molecule has 1 rings (SSSR count). The highest BCUT2D eigenvalue weighted by Crippen LogP contribution is 2.41. The minimum absolute atomic E-state index is 0.320. The highest BCUT2D eigenvalue weighted by atomic mass is 16.4. The molecule has 1 fully saturated rings. The average Bonchev–Trinajstić information content (AvgIpc) is 2.63. The Kier molecular flexibility index (Phi) is 3.67. The summed E-state index contributed by atoms with van der Waals surface area (Å²) in [7, 11) is 0. The molecule has 0 aliphatic heterocycles. The number of carboxylic acid groups (broad SMARTS) is 1. The highest BCUT2D eigenvalue weighted by Gasteiger charge is 2.37. The van der Waals surface area contributed by atoms with Gasteiger partial charge in [-0.25, -0.2) is 0 Å². The van der Waals surface area contributed by atoms with E-state index in [-0.39, 0.29) is 11.3 Å². The summed E-state index contributed by atoms with van der Waals surface area (Å²) in [6.07, 6.45) is 6.02. The molecule has 14 heavy (non-hydrogen) atoms. The number of hydrogen-bond donors (Lipinski definition) is 1. The van der Waals surface area contributed by atoms with E-state index in [9.17, 15) is 9.59 Å². The van der Waals surface area contributed by atoms with E-state index >= 15 is 0 Å². The van der Waals surface area contributed by atoms with Crippen molar-refractivity contribution in [3.63, 3.8) is 0 Å². The van der Waals surface area contributed by atoms with Gasteiger partial charge in [-0.05, 0) is 25.7 Å². The second kappa shape index (κ2) is 4.58. The van der Waals surface area contributed by atoms with Crippen molar-refractivity contribution in [1.29, 1.82) is 0 Å². The molecule has 80 valence electrons. The third-order valence-electron chi connectivity index (χ3n) is 3.34. The van der Waals surface area contributed by atoms with Gasteiger partial charge in [-0.15, -0.1) is 0 Å². The van der Waals surface area contributed by atoms with Crippen molar-refractivity contribution in [1.82, 2.24) is 0 Å². The van der Waals surface area contributed by atoms with Crippen LogP contribution in [0.3, 0.4) is 0 Å². The zero-order valence-corrected chi connectivity index (χ0v) is 8.66. The summed E-state index contributed by atoms with van der Waals surface area (Å²) in [5, 5.41) is 8.93. The topological polar surface area (TPSA) is 54.4 Å². The lowest BCUT2D eigenvalue weighted by atomic mass is 9.78. The summed E-state index contributed by atoms with van der Waals surface area (Å²) >= 11 is 0. The molecule has 0 radical (unpaired) electrons. The summed E-state index contributed by atoms with van der Waals surface area (Å²) in [5.41, 5.74) is -0.320. The second-order valence-corrected chi connectivity index (χ2v) is 4.33. The number of carbonyl (C=O) groups excluding carboxylic acids is 1. The first kappa shape index (κ1) is 11.2. The third-order valence-corrected chi connectivity index (χ3v) is 3.34. The molecule has 1 N–H and O–H groups in total. The van der Waals surface area contributed by atoms with E-state index < -0.39 is 5.97 Å². The van der Waals surface area contributed by atoms with Crippen molar-refractivity contribution in [3.05, 3.63) is 0 Å². The van der Waals surface area contributed by atoms with Crippen molar-refractivity contribution >= 4 is 12.3 Å². The highest BCUT2D eigenvalue weighted by molar-refractivity contribution is 5.71. The standard InChI is InChI=1S/C11H18O3/c1-2-9(10(13)14)7-11(8-12)5-3-4-6-11/h8-9H,2-7H2,1H3,(H,13,14). The minimum Gasteiger partial charge on any atom is -0.481 e. The largest absolute Gasteiger partial charge is 0.481 e. The maximum absolute atomic E-state index is 11.0. The Morgan fingerprint density at radius 1 is 1.50 bits per heavy atom. The third kappa shape index (κ3) is 2.34. The van der Waals surface area contributed by atoms with Gasteiger partial charge in [-0.2, -0.15) is 0 Å². The summed E-state index contributed by atoms with van der Waals surface area (Å²) in [4.78, 5) is 21.9. The van der Waals surface area contributed by atoms with Crippen molar-refractivity contribution < 1.29 is 14.7 Å². The molecule has 0 spiro atoms. The van der Waals surface area contributed by atoms with E-state index in [2.05, 4.69) is 0 Å². The lowest BCUT2D eigenvalue weighted by molar-refractivity contribution is -0.143. The van der Waals surface area contributed by atoms with Crippen LogP contribution in [0.4, 0.5) is 0 Å². The lowest BCUT2D eigenvalue weighted by Gasteiger charge is -2.24. The number of aliphatic carboxylic acids is 1. The van der Waals surface area contributed by atoms with Gasteiger partial charge in [-0.1, -0.05) is 19.8 Å². The van der Waals surface area contributed by atoms with Gasteiger partial charge >= 0.3 is 5.97 Å². The van der Waals surface area contributed by atoms with Gasteiger partial charge in [-0.3, -0.25) is 4.79 Å². The number of carbonyl (C=O) groups is 2. The molecule has 0 aromatic carbocycles. The lowest BCUT2D eigenvalue weighted by Crippen LogP contribution is -2.26. The van der Waals surface area contributed by atoms with Crippen LogP contribution >= 0.6 is 0 Å². The summed E-state index contributed by atoms with van der Waals surface area (Å²) < 4.78 is 0. The van der Waals surface area contributed by atoms with Crippen LogP contribution in [0.1, 0.15) is 45.4 Å². The molecule has 0 heterocycles. The zero-order chi connectivity index (χ0) is 10.6. The van der Waals surface area contributed by atoms with Gasteiger partial charge in [0, 0.05) is 5.41 Å². The maximum atomic E-state index is 11.0. The van der Waals surface area contributed by atoms with Gasteiger partial charge in [0.25, 0.3) is 0 Å². The van der Waals surface area contributed by atoms with Crippen LogP contribution in [0.25, 0.3) is 0 Å². The fraction of sp³-hybridized carbons (Fsp3) is 0.818. The fourth-order valence-corrected chi connectivity index (χ4v) is 2.35. The Hall–Kier alpha value is -0.860. The summed E-state index contributed by atoms with van der Waals surface area (Å²) in [6.45, 7) is 1.87. The summed E-state index contributed by atoms with van der Waals surface area (Å²) in [6, 6.07) is 0. The van der Waals surface area contributed by atoms with E-state index in [1.54, 1.807) is 0 Å². The maximum Gasteiger partial charge on any atom is 0.306 e. The molecule has 0 amide bonds. The molecule has 3 nitrogen and oxygen atoms in total. The molecule has 0 aromatic heterocycles. The molecule has 1 aliphatic rings. The molecule has 1 aliphatic carbocycles. The molecule has 3 heteroatoms. The zero-order valence-electron chi connectivity index (χ0n) is 8.66. The smallest absolute Gasteiger partial charge is 0.306 e. The summed E-state index contributed by atoms with van der Waals surface area (Å²) in [5.74, 6) is -1.11. The van der Waals surface area contributed by atoms with Crippen LogP contribution in [-0.2, 0) is 9.59 Å². The molecule has 1 atom stereocenters. The minimum atomic E-state index is -0.763. The Labute approximate surface area is 84.5 Å². The predicted octanol–water partition coefficient (Wildman–Crippen LogP) is 2.25. The monoisotopic (exact) mass is 198 g/mol. The number of carboxylic acids is 1. The molecule has 1 saturated carbocycles. The van der Waals surface area contributed by atoms with E-state index in [1.165, 1.54) is 0 Å². The van der Waals surface area contributed by atoms with Crippen LogP contribution < -0.4 is 0 Å². The SMILES string of the molecule is CCC(CC1(C=O)CCCC1)C(=O)O. The van der Waals surface area contributed by atoms with Gasteiger partial charge in [0.2, 0.25) is 0 Å². The second-order valence-electron chi connectivity index (χ2n) is 4.33. The quantitative estimate of drug-likeness (QED) is 0.689. The normalized spacial score (nSPS) is 21.8. The van der Waals surface area contributed by atoms with Gasteiger partial charge in [0.1, 0.15) is 6.29 Å². The van der Waals surface area contributed by atoms with Crippen molar-refractivity contribution in [2.75, 3.05) is 0 Å². The van der Waals surface area contributed by atoms with Crippen molar-refractivity contribution in [2.45, 2.75) is 45.4 Å². The molecular formula is C11H18O3.